The van der Waals surface area contributed by atoms with Crippen molar-refractivity contribution < 1.29 is 9.59 Å². The monoisotopic (exact) mass is 632 g/mol. The fourth-order valence-electron chi connectivity index (χ4n) is 3.66. The molecule has 30 heavy (non-hydrogen) atoms. The molecule has 2 aromatic rings. The normalized spacial score (nSPS) is 18.3. The van der Waals surface area contributed by atoms with E-state index in [1.54, 1.807) is 0 Å². The molecule has 2 atom stereocenters. The molecule has 8 heteroatoms. The number of amides is 4. The van der Waals surface area contributed by atoms with Gasteiger partial charge in [-0.05, 0) is 125 Å². The zero-order valence-electron chi connectivity index (χ0n) is 16.6. The van der Waals surface area contributed by atoms with Crippen LogP contribution in [0.15, 0.2) is 48.5 Å². The summed E-state index contributed by atoms with van der Waals surface area (Å²) in [4.78, 5) is 24.3. The van der Waals surface area contributed by atoms with Crippen LogP contribution >= 0.6 is 45.2 Å². The first-order chi connectivity index (χ1) is 14.5. The number of anilines is 2. The molecule has 4 N–H and O–H groups in total. The quantitative estimate of drug-likeness (QED) is 0.311. The van der Waals surface area contributed by atoms with E-state index >= 15 is 0 Å². The standard InChI is InChI=1S/C22H26I2N4O2/c23-17-4-8-19(9-5-17)27-21(29)25-13-15-2-1-3-16(12-15)14-26-22(30)28-20-10-6-18(24)7-11-20/h4-11,15-16H,1-3,12-14H2,(H2,25,27,29)(H2,26,28,30)/t15-,16-/m0/s1. The van der Waals surface area contributed by atoms with E-state index in [1.165, 1.54) is 0 Å². The van der Waals surface area contributed by atoms with Gasteiger partial charge in [0.15, 0.2) is 0 Å². The summed E-state index contributed by atoms with van der Waals surface area (Å²) < 4.78 is 2.26. The van der Waals surface area contributed by atoms with Gasteiger partial charge in [0.2, 0.25) is 0 Å². The third kappa shape index (κ3) is 7.93. The Morgan fingerprint density at radius 3 is 1.53 bits per heavy atom. The van der Waals surface area contributed by atoms with E-state index in [4.69, 9.17) is 0 Å². The predicted molar refractivity (Wildman–Crippen MR) is 138 cm³/mol. The van der Waals surface area contributed by atoms with Crippen LogP contribution in [0.3, 0.4) is 0 Å². The van der Waals surface area contributed by atoms with Crippen LogP contribution in [0.1, 0.15) is 25.7 Å². The van der Waals surface area contributed by atoms with Crippen molar-refractivity contribution in [1.82, 2.24) is 10.6 Å². The molecule has 1 saturated carbocycles. The summed E-state index contributed by atoms with van der Waals surface area (Å²) in [6, 6.07) is 15.1. The Bertz CT molecular complexity index is 774. The molecule has 1 aliphatic rings. The third-order valence-electron chi connectivity index (χ3n) is 5.20. The molecule has 0 aliphatic heterocycles. The van der Waals surface area contributed by atoms with Gasteiger partial charge in [-0.1, -0.05) is 6.42 Å². The average molecular weight is 632 g/mol. The number of hydrogen-bond acceptors (Lipinski definition) is 2. The van der Waals surface area contributed by atoms with Crippen molar-refractivity contribution >= 4 is 68.6 Å². The summed E-state index contributed by atoms with van der Waals surface area (Å²) >= 11 is 4.47. The second-order valence-corrected chi connectivity index (χ2v) is 10.1. The first kappa shape index (κ1) is 23.1. The summed E-state index contributed by atoms with van der Waals surface area (Å²) in [5.74, 6) is 0.875. The minimum Gasteiger partial charge on any atom is -0.338 e. The maximum absolute atomic E-state index is 12.1. The molecule has 0 spiro atoms. The molecule has 6 nitrogen and oxygen atoms in total. The molecule has 0 saturated heterocycles. The summed E-state index contributed by atoms with van der Waals surface area (Å²) in [7, 11) is 0. The highest BCUT2D eigenvalue weighted by molar-refractivity contribution is 14.1. The summed E-state index contributed by atoms with van der Waals surface area (Å²) in [5, 5.41) is 11.7. The molecular formula is C22H26I2N4O2. The molecule has 3 rings (SSSR count). The number of halogens is 2. The van der Waals surface area contributed by atoms with Crippen LogP contribution in [-0.2, 0) is 0 Å². The number of urea groups is 2. The van der Waals surface area contributed by atoms with Gasteiger partial charge in [-0.25, -0.2) is 9.59 Å². The molecule has 0 aromatic heterocycles. The Morgan fingerprint density at radius 1 is 0.733 bits per heavy atom. The lowest BCUT2D eigenvalue weighted by Gasteiger charge is -2.29. The fourth-order valence-corrected chi connectivity index (χ4v) is 4.38. The third-order valence-corrected chi connectivity index (χ3v) is 6.64. The molecule has 0 heterocycles. The Labute approximate surface area is 204 Å². The first-order valence-corrected chi connectivity index (χ1v) is 12.2. The van der Waals surface area contributed by atoms with Crippen molar-refractivity contribution in [2.75, 3.05) is 23.7 Å². The van der Waals surface area contributed by atoms with Crippen molar-refractivity contribution in [1.29, 1.82) is 0 Å². The van der Waals surface area contributed by atoms with Crippen molar-refractivity contribution in [2.45, 2.75) is 25.7 Å². The largest absolute Gasteiger partial charge is 0.338 e. The molecule has 1 fully saturated rings. The summed E-state index contributed by atoms with van der Waals surface area (Å²) in [5.41, 5.74) is 1.58. The Hall–Kier alpha value is -1.56. The zero-order chi connectivity index (χ0) is 21.3. The molecular weight excluding hydrogens is 606 g/mol. The van der Waals surface area contributed by atoms with E-state index < -0.39 is 0 Å². The van der Waals surface area contributed by atoms with E-state index in [2.05, 4.69) is 66.4 Å². The molecule has 4 amide bonds. The Balaban J connectivity index is 1.36. The molecule has 160 valence electrons. The second-order valence-electron chi connectivity index (χ2n) is 7.58. The molecule has 1 aliphatic carbocycles. The van der Waals surface area contributed by atoms with Gasteiger partial charge in [-0.2, -0.15) is 0 Å². The van der Waals surface area contributed by atoms with Crippen molar-refractivity contribution in [3.63, 3.8) is 0 Å². The minimum absolute atomic E-state index is 0.173. The molecule has 0 radical (unpaired) electrons. The van der Waals surface area contributed by atoms with E-state index in [9.17, 15) is 9.59 Å². The predicted octanol–water partition coefficient (Wildman–Crippen LogP) is 5.65. The second kappa shape index (κ2) is 11.7. The number of rotatable bonds is 6. The van der Waals surface area contributed by atoms with Gasteiger partial charge in [0, 0.05) is 31.6 Å². The summed E-state index contributed by atoms with van der Waals surface area (Å²) in [6.45, 7) is 1.31. The van der Waals surface area contributed by atoms with E-state index in [0.717, 1.165) is 44.2 Å². The van der Waals surface area contributed by atoms with Crippen molar-refractivity contribution in [3.05, 3.63) is 55.7 Å². The van der Waals surface area contributed by atoms with Crippen LogP contribution in [0.4, 0.5) is 21.0 Å². The van der Waals surface area contributed by atoms with Gasteiger partial charge in [0.1, 0.15) is 0 Å². The van der Waals surface area contributed by atoms with Crippen LogP contribution in [0, 0.1) is 19.0 Å². The maximum atomic E-state index is 12.1. The number of carbonyl (C=O) groups excluding carboxylic acids is 2. The van der Waals surface area contributed by atoms with Crippen LogP contribution in [-0.4, -0.2) is 25.2 Å². The van der Waals surface area contributed by atoms with E-state index in [1.807, 2.05) is 48.5 Å². The highest BCUT2D eigenvalue weighted by Crippen LogP contribution is 2.28. The first-order valence-electron chi connectivity index (χ1n) is 10.1. The maximum Gasteiger partial charge on any atom is 0.319 e. The topological polar surface area (TPSA) is 82.3 Å². The SMILES string of the molecule is O=C(NC[C@H]1CCC[C@H](CNC(=O)Nc2ccc(I)cc2)C1)Nc1ccc(I)cc1. The van der Waals surface area contributed by atoms with Gasteiger partial charge in [-0.3, -0.25) is 0 Å². The average Bonchev–Trinajstić information content (AvgIpc) is 2.74. The van der Waals surface area contributed by atoms with Gasteiger partial charge >= 0.3 is 12.1 Å². The van der Waals surface area contributed by atoms with Crippen LogP contribution < -0.4 is 21.3 Å². The highest BCUT2D eigenvalue weighted by Gasteiger charge is 2.22. The van der Waals surface area contributed by atoms with Gasteiger partial charge in [0.25, 0.3) is 0 Å². The van der Waals surface area contributed by atoms with Crippen LogP contribution in [0.25, 0.3) is 0 Å². The smallest absolute Gasteiger partial charge is 0.319 e. The van der Waals surface area contributed by atoms with Crippen molar-refractivity contribution in [3.8, 4) is 0 Å². The van der Waals surface area contributed by atoms with E-state index in [-0.39, 0.29) is 12.1 Å². The number of benzene rings is 2. The van der Waals surface area contributed by atoms with Crippen molar-refractivity contribution in [2.24, 2.45) is 11.8 Å². The summed E-state index contributed by atoms with van der Waals surface area (Å²) in [6.07, 6.45) is 4.34. The zero-order valence-corrected chi connectivity index (χ0v) is 20.9. The minimum atomic E-state index is -0.173. The number of nitrogens with one attached hydrogen (secondary N) is 4. The Kier molecular flexibility index (Phi) is 9.04. The van der Waals surface area contributed by atoms with Crippen LogP contribution in [0.2, 0.25) is 0 Å². The molecule has 2 aromatic carbocycles. The lowest BCUT2D eigenvalue weighted by molar-refractivity contribution is 0.230. The van der Waals surface area contributed by atoms with Crippen LogP contribution in [0.5, 0.6) is 0 Å². The number of hydrogen-bond donors (Lipinski definition) is 4. The lowest BCUT2D eigenvalue weighted by Crippen LogP contribution is -2.38. The Morgan fingerprint density at radius 2 is 1.13 bits per heavy atom. The van der Waals surface area contributed by atoms with Gasteiger partial charge in [0.05, 0.1) is 0 Å². The lowest BCUT2D eigenvalue weighted by atomic mass is 9.81. The number of carbonyl (C=O) groups is 2. The highest BCUT2D eigenvalue weighted by atomic mass is 127. The van der Waals surface area contributed by atoms with Gasteiger partial charge < -0.3 is 21.3 Å². The van der Waals surface area contributed by atoms with Gasteiger partial charge in [-0.15, -0.1) is 0 Å². The molecule has 0 unspecified atom stereocenters. The molecule has 0 bridgehead atoms. The fraction of sp³-hybridized carbons (Fsp3) is 0.364. The van der Waals surface area contributed by atoms with E-state index in [0.29, 0.717) is 24.9 Å².